The van der Waals surface area contributed by atoms with Crippen LogP contribution in [0.5, 0.6) is 0 Å². The third-order valence-corrected chi connectivity index (χ3v) is 4.73. The molecule has 1 aliphatic rings. The highest BCUT2D eigenvalue weighted by molar-refractivity contribution is 5.98. The average molecular weight is 314 g/mol. The van der Waals surface area contributed by atoms with Crippen LogP contribution in [0, 0.1) is 5.92 Å². The Morgan fingerprint density at radius 3 is 2.65 bits per heavy atom. The molecule has 3 N–H and O–H groups in total. The largest absolute Gasteiger partial charge is 0.477 e. The maximum absolute atomic E-state index is 12.0. The summed E-state index contributed by atoms with van der Waals surface area (Å²) in [6.07, 6.45) is 2.97. The van der Waals surface area contributed by atoms with Crippen LogP contribution < -0.4 is 5.32 Å². The minimum atomic E-state index is -1.000. The lowest BCUT2D eigenvalue weighted by atomic mass is 9.85. The zero-order chi connectivity index (χ0) is 16.6. The van der Waals surface area contributed by atoms with Crippen LogP contribution in [0.4, 0.5) is 0 Å². The normalized spacial score (nSPS) is 14.9. The van der Waals surface area contributed by atoms with Gasteiger partial charge in [-0.05, 0) is 36.5 Å². The van der Waals surface area contributed by atoms with Crippen molar-refractivity contribution in [2.75, 3.05) is 0 Å². The van der Waals surface area contributed by atoms with Gasteiger partial charge in [0, 0.05) is 28.9 Å². The summed E-state index contributed by atoms with van der Waals surface area (Å²) in [6.45, 7) is 4.45. The second kappa shape index (κ2) is 6.07. The van der Waals surface area contributed by atoms with Crippen LogP contribution in [0.25, 0.3) is 10.9 Å². The van der Waals surface area contributed by atoms with Gasteiger partial charge >= 0.3 is 5.97 Å². The maximum atomic E-state index is 12.0. The Kier molecular flexibility index (Phi) is 4.11. The molecule has 122 valence electrons. The van der Waals surface area contributed by atoms with Gasteiger partial charge < -0.3 is 15.4 Å². The highest BCUT2D eigenvalue weighted by Crippen LogP contribution is 2.28. The van der Waals surface area contributed by atoms with Crippen LogP contribution in [0.3, 0.4) is 0 Å². The molecule has 0 unspecified atom stereocenters. The Balaban J connectivity index is 1.94. The molecular weight excluding hydrogens is 292 g/mol. The summed E-state index contributed by atoms with van der Waals surface area (Å²) in [5.74, 6) is -0.512. The minimum absolute atomic E-state index is 0.0296. The van der Waals surface area contributed by atoms with Crippen molar-refractivity contribution in [2.24, 2.45) is 5.92 Å². The topological polar surface area (TPSA) is 82.2 Å². The summed E-state index contributed by atoms with van der Waals surface area (Å²) in [6, 6.07) is 5.94. The van der Waals surface area contributed by atoms with Gasteiger partial charge in [0.2, 0.25) is 5.91 Å². The van der Waals surface area contributed by atoms with Gasteiger partial charge in [-0.25, -0.2) is 4.79 Å². The predicted octanol–water partition coefficient (Wildman–Crippen LogP) is 3.41. The summed E-state index contributed by atoms with van der Waals surface area (Å²) < 4.78 is 0. The number of H-pyrrole nitrogens is 1. The number of rotatable bonds is 5. The van der Waals surface area contributed by atoms with Crippen molar-refractivity contribution in [3.63, 3.8) is 0 Å². The summed E-state index contributed by atoms with van der Waals surface area (Å²) in [5.41, 5.74) is 2.76. The third kappa shape index (κ3) is 2.96. The van der Waals surface area contributed by atoms with Crippen LogP contribution in [0.2, 0.25) is 0 Å². The number of aromatic carboxylic acids is 1. The molecule has 3 rings (SSSR count). The molecule has 1 saturated carbocycles. The Morgan fingerprint density at radius 1 is 1.35 bits per heavy atom. The fourth-order valence-electron chi connectivity index (χ4n) is 2.98. The van der Waals surface area contributed by atoms with Gasteiger partial charge in [0.15, 0.2) is 0 Å². The van der Waals surface area contributed by atoms with E-state index in [0.29, 0.717) is 11.5 Å². The third-order valence-electron chi connectivity index (χ3n) is 4.73. The van der Waals surface area contributed by atoms with Crippen LogP contribution in [-0.4, -0.2) is 22.0 Å². The van der Waals surface area contributed by atoms with Gasteiger partial charge in [-0.3, -0.25) is 4.79 Å². The molecule has 0 radical (unpaired) electrons. The molecule has 0 saturated heterocycles. The molecule has 1 amide bonds. The first kappa shape index (κ1) is 15.6. The second-order valence-electron chi connectivity index (χ2n) is 6.59. The fraction of sp³-hybridized carbons (Fsp3) is 0.444. The van der Waals surface area contributed by atoms with E-state index in [1.807, 2.05) is 18.2 Å². The van der Waals surface area contributed by atoms with Crippen molar-refractivity contribution in [1.82, 2.24) is 10.3 Å². The highest BCUT2D eigenvalue weighted by Gasteiger charge is 2.26. The Labute approximate surface area is 135 Å². The van der Waals surface area contributed by atoms with Gasteiger partial charge in [0.1, 0.15) is 5.69 Å². The van der Waals surface area contributed by atoms with E-state index in [9.17, 15) is 14.7 Å². The summed E-state index contributed by atoms with van der Waals surface area (Å²) in [7, 11) is 0. The number of fused-ring (bicyclic) bond motifs is 1. The van der Waals surface area contributed by atoms with Gasteiger partial charge in [0.25, 0.3) is 0 Å². The first-order valence-electron chi connectivity index (χ1n) is 8.13. The number of carboxylic acid groups (broad SMARTS) is 1. The molecular formula is C18H22N2O3. The van der Waals surface area contributed by atoms with Crippen LogP contribution in [-0.2, 0) is 11.3 Å². The molecule has 1 fully saturated rings. The van der Waals surface area contributed by atoms with Gasteiger partial charge in [-0.1, -0.05) is 26.3 Å². The predicted molar refractivity (Wildman–Crippen MR) is 88.5 cm³/mol. The monoisotopic (exact) mass is 314 g/mol. The van der Waals surface area contributed by atoms with Crippen molar-refractivity contribution < 1.29 is 14.7 Å². The van der Waals surface area contributed by atoms with Crippen LogP contribution in [0.15, 0.2) is 18.2 Å². The first-order valence-corrected chi connectivity index (χ1v) is 8.13. The quantitative estimate of drug-likeness (QED) is 0.791. The van der Waals surface area contributed by atoms with E-state index in [1.54, 1.807) is 0 Å². The van der Waals surface area contributed by atoms with Crippen molar-refractivity contribution in [2.45, 2.75) is 45.6 Å². The summed E-state index contributed by atoms with van der Waals surface area (Å²) >= 11 is 0. The molecule has 0 bridgehead atoms. The smallest absolute Gasteiger partial charge is 0.352 e. The molecule has 2 aromatic rings. The number of nitrogens with one attached hydrogen (secondary N) is 2. The Morgan fingerprint density at radius 2 is 2.09 bits per heavy atom. The Bertz CT molecular complexity index is 757. The number of hydrogen-bond donors (Lipinski definition) is 3. The number of carbonyl (C=O) groups is 2. The van der Waals surface area contributed by atoms with E-state index in [0.717, 1.165) is 35.7 Å². The molecule has 0 atom stereocenters. The van der Waals surface area contributed by atoms with E-state index in [2.05, 4.69) is 24.1 Å². The van der Waals surface area contributed by atoms with E-state index in [4.69, 9.17) is 0 Å². The van der Waals surface area contributed by atoms with Gasteiger partial charge in [-0.2, -0.15) is 0 Å². The van der Waals surface area contributed by atoms with Crippen LogP contribution in [0.1, 0.15) is 60.6 Å². The van der Waals surface area contributed by atoms with E-state index < -0.39 is 5.97 Å². The minimum Gasteiger partial charge on any atom is -0.477 e. The zero-order valence-corrected chi connectivity index (χ0v) is 13.5. The standard InChI is InChI=1S/C18H22N2O3/c1-10(2)12-6-7-15-13(8-12)14(16(20-15)18(22)23)9-19-17(21)11-4-3-5-11/h6-8,10-11,20H,3-5,9H2,1-2H3,(H,19,21)(H,22,23). The number of amides is 1. The molecule has 5 heteroatoms. The zero-order valence-electron chi connectivity index (χ0n) is 13.5. The van der Waals surface area contributed by atoms with Crippen molar-refractivity contribution in [3.05, 3.63) is 35.0 Å². The highest BCUT2D eigenvalue weighted by atomic mass is 16.4. The lowest BCUT2D eigenvalue weighted by molar-refractivity contribution is -0.127. The number of carboxylic acids is 1. The van der Waals surface area contributed by atoms with Gasteiger partial charge in [-0.15, -0.1) is 0 Å². The molecule has 1 aliphatic carbocycles. The number of benzene rings is 1. The molecule has 5 nitrogen and oxygen atoms in total. The molecule has 1 heterocycles. The van der Waals surface area contributed by atoms with Crippen molar-refractivity contribution in [1.29, 1.82) is 0 Å². The maximum Gasteiger partial charge on any atom is 0.352 e. The lowest BCUT2D eigenvalue weighted by Crippen LogP contribution is -2.34. The molecule has 0 aliphatic heterocycles. The number of carbonyl (C=O) groups excluding carboxylic acids is 1. The Hall–Kier alpha value is -2.30. The lowest BCUT2D eigenvalue weighted by Gasteiger charge is -2.24. The van der Waals surface area contributed by atoms with Gasteiger partial charge in [0.05, 0.1) is 0 Å². The van der Waals surface area contributed by atoms with Crippen molar-refractivity contribution in [3.8, 4) is 0 Å². The number of aromatic amines is 1. The molecule has 0 spiro atoms. The van der Waals surface area contributed by atoms with E-state index in [1.165, 1.54) is 0 Å². The first-order chi connectivity index (χ1) is 11.0. The van der Waals surface area contributed by atoms with E-state index >= 15 is 0 Å². The fourth-order valence-corrected chi connectivity index (χ4v) is 2.98. The summed E-state index contributed by atoms with van der Waals surface area (Å²) in [5, 5.41) is 13.2. The second-order valence-corrected chi connectivity index (χ2v) is 6.59. The average Bonchev–Trinajstić information content (AvgIpc) is 2.81. The molecule has 1 aromatic heterocycles. The van der Waals surface area contributed by atoms with Crippen molar-refractivity contribution >= 4 is 22.8 Å². The summed E-state index contributed by atoms with van der Waals surface area (Å²) in [4.78, 5) is 26.5. The molecule has 23 heavy (non-hydrogen) atoms. The number of hydrogen-bond acceptors (Lipinski definition) is 2. The van der Waals surface area contributed by atoms with Crippen LogP contribution >= 0.6 is 0 Å². The molecule has 1 aromatic carbocycles. The van der Waals surface area contributed by atoms with E-state index in [-0.39, 0.29) is 24.1 Å². The SMILES string of the molecule is CC(C)c1ccc2[nH]c(C(=O)O)c(CNC(=O)C3CCC3)c2c1. The number of aromatic nitrogens is 1.